The van der Waals surface area contributed by atoms with E-state index in [1.165, 1.54) is 5.56 Å². The minimum absolute atomic E-state index is 0.196. The molecule has 0 N–H and O–H groups in total. The summed E-state index contributed by atoms with van der Waals surface area (Å²) >= 11 is 1.75. The first-order valence-electron chi connectivity index (χ1n) is 6.83. The SMILES string of the molecule is CCOC(=O)N(C)C1CCN(Cc2ccsc2)CC1. The van der Waals surface area contributed by atoms with Gasteiger partial charge in [0.05, 0.1) is 6.61 Å². The first-order chi connectivity index (χ1) is 9.20. The molecule has 1 aromatic heterocycles. The van der Waals surface area contributed by atoms with Crippen LogP contribution in [0.4, 0.5) is 4.79 Å². The van der Waals surface area contributed by atoms with Gasteiger partial charge in [-0.15, -0.1) is 0 Å². The lowest BCUT2D eigenvalue weighted by molar-refractivity contribution is 0.0789. The molecule has 0 spiro atoms. The summed E-state index contributed by atoms with van der Waals surface area (Å²) in [5, 5.41) is 4.33. The third-order valence-corrected chi connectivity index (χ3v) is 4.38. The summed E-state index contributed by atoms with van der Waals surface area (Å²) in [6, 6.07) is 2.50. The van der Waals surface area contributed by atoms with Gasteiger partial charge in [-0.1, -0.05) is 0 Å². The zero-order valence-electron chi connectivity index (χ0n) is 11.7. The second kappa shape index (κ2) is 6.91. The lowest BCUT2D eigenvalue weighted by Gasteiger charge is -2.36. The fourth-order valence-corrected chi connectivity index (χ4v) is 3.14. The van der Waals surface area contributed by atoms with Crippen LogP contribution in [0.2, 0.25) is 0 Å². The minimum atomic E-state index is -0.196. The number of rotatable bonds is 4. The summed E-state index contributed by atoms with van der Waals surface area (Å²) in [5.74, 6) is 0. The average Bonchev–Trinajstić information content (AvgIpc) is 2.92. The third kappa shape index (κ3) is 3.94. The molecule has 5 heteroatoms. The van der Waals surface area contributed by atoms with E-state index in [2.05, 4.69) is 21.7 Å². The predicted octanol–water partition coefficient (Wildman–Crippen LogP) is 2.80. The van der Waals surface area contributed by atoms with Crippen LogP contribution in [0.5, 0.6) is 0 Å². The van der Waals surface area contributed by atoms with Crippen molar-refractivity contribution >= 4 is 17.4 Å². The Morgan fingerprint density at radius 1 is 1.53 bits per heavy atom. The Morgan fingerprint density at radius 3 is 2.84 bits per heavy atom. The topological polar surface area (TPSA) is 32.8 Å². The summed E-state index contributed by atoms with van der Waals surface area (Å²) in [6.45, 7) is 5.41. The monoisotopic (exact) mass is 282 g/mol. The largest absolute Gasteiger partial charge is 0.450 e. The molecule has 0 bridgehead atoms. The van der Waals surface area contributed by atoms with E-state index in [1.807, 2.05) is 14.0 Å². The van der Waals surface area contributed by atoms with Gasteiger partial charge in [-0.3, -0.25) is 4.90 Å². The van der Waals surface area contributed by atoms with E-state index >= 15 is 0 Å². The van der Waals surface area contributed by atoms with Crippen LogP contribution in [0.3, 0.4) is 0 Å². The first kappa shape index (κ1) is 14.3. The van der Waals surface area contributed by atoms with Crippen LogP contribution in [0, 0.1) is 0 Å². The molecule has 0 unspecified atom stereocenters. The van der Waals surface area contributed by atoms with E-state index in [0.29, 0.717) is 12.6 Å². The molecule has 1 amide bonds. The second-order valence-corrected chi connectivity index (χ2v) is 5.73. The highest BCUT2D eigenvalue weighted by molar-refractivity contribution is 7.07. The maximum atomic E-state index is 11.7. The zero-order valence-corrected chi connectivity index (χ0v) is 12.5. The molecule has 106 valence electrons. The molecular weight excluding hydrogens is 260 g/mol. The highest BCUT2D eigenvalue weighted by Crippen LogP contribution is 2.19. The Balaban J connectivity index is 1.77. The van der Waals surface area contributed by atoms with Crippen molar-refractivity contribution in [1.82, 2.24) is 9.80 Å². The lowest BCUT2D eigenvalue weighted by atomic mass is 10.0. The van der Waals surface area contributed by atoms with Crippen molar-refractivity contribution in [3.8, 4) is 0 Å². The van der Waals surface area contributed by atoms with Crippen molar-refractivity contribution < 1.29 is 9.53 Å². The van der Waals surface area contributed by atoms with Gasteiger partial charge in [0.15, 0.2) is 0 Å². The maximum Gasteiger partial charge on any atom is 0.409 e. The average molecular weight is 282 g/mol. The van der Waals surface area contributed by atoms with E-state index in [4.69, 9.17) is 4.74 Å². The smallest absolute Gasteiger partial charge is 0.409 e. The highest BCUT2D eigenvalue weighted by Gasteiger charge is 2.25. The van der Waals surface area contributed by atoms with Gasteiger partial charge in [0.25, 0.3) is 0 Å². The van der Waals surface area contributed by atoms with Crippen molar-refractivity contribution in [2.75, 3.05) is 26.7 Å². The summed E-state index contributed by atoms with van der Waals surface area (Å²) in [4.78, 5) is 15.9. The summed E-state index contributed by atoms with van der Waals surface area (Å²) in [6.07, 6.45) is 1.86. The van der Waals surface area contributed by atoms with Crippen molar-refractivity contribution in [2.24, 2.45) is 0 Å². The van der Waals surface area contributed by atoms with E-state index < -0.39 is 0 Å². The van der Waals surface area contributed by atoms with Crippen LogP contribution in [0.15, 0.2) is 16.8 Å². The third-order valence-electron chi connectivity index (χ3n) is 3.65. The van der Waals surface area contributed by atoms with Crippen LogP contribution >= 0.6 is 11.3 Å². The Morgan fingerprint density at radius 2 is 2.26 bits per heavy atom. The molecule has 0 aromatic carbocycles. The van der Waals surface area contributed by atoms with E-state index in [0.717, 1.165) is 32.5 Å². The van der Waals surface area contributed by atoms with E-state index in [1.54, 1.807) is 16.2 Å². The molecule has 0 saturated carbocycles. The molecule has 4 nitrogen and oxygen atoms in total. The van der Waals surface area contributed by atoms with Gasteiger partial charge in [0.2, 0.25) is 0 Å². The molecule has 2 rings (SSSR count). The van der Waals surface area contributed by atoms with Gasteiger partial charge in [0.1, 0.15) is 0 Å². The van der Waals surface area contributed by atoms with Gasteiger partial charge in [0, 0.05) is 32.7 Å². The van der Waals surface area contributed by atoms with Crippen LogP contribution in [0.1, 0.15) is 25.3 Å². The molecule has 0 atom stereocenters. The molecule has 19 heavy (non-hydrogen) atoms. The van der Waals surface area contributed by atoms with Crippen molar-refractivity contribution in [3.63, 3.8) is 0 Å². The molecule has 1 fully saturated rings. The van der Waals surface area contributed by atoms with Gasteiger partial charge >= 0.3 is 6.09 Å². The van der Waals surface area contributed by atoms with Gasteiger partial charge in [-0.05, 0) is 42.2 Å². The van der Waals surface area contributed by atoms with Gasteiger partial charge in [-0.2, -0.15) is 11.3 Å². The molecule has 2 heterocycles. The Hall–Kier alpha value is -1.07. The summed E-state index contributed by atoms with van der Waals surface area (Å²) in [7, 11) is 1.84. The van der Waals surface area contributed by atoms with Crippen LogP contribution in [-0.2, 0) is 11.3 Å². The normalized spacial score (nSPS) is 17.4. The van der Waals surface area contributed by atoms with Gasteiger partial charge < -0.3 is 9.64 Å². The van der Waals surface area contributed by atoms with Crippen LogP contribution < -0.4 is 0 Å². The Labute approximate surface area is 119 Å². The molecule has 0 radical (unpaired) electrons. The van der Waals surface area contributed by atoms with Crippen molar-refractivity contribution in [1.29, 1.82) is 0 Å². The number of piperidine rings is 1. The van der Waals surface area contributed by atoms with Crippen LogP contribution in [-0.4, -0.2) is 48.7 Å². The quantitative estimate of drug-likeness (QED) is 0.851. The number of nitrogens with zero attached hydrogens (tertiary/aromatic N) is 2. The number of carbonyl (C=O) groups excluding carboxylic acids is 1. The van der Waals surface area contributed by atoms with Crippen molar-refractivity contribution in [2.45, 2.75) is 32.4 Å². The number of hydrogen-bond donors (Lipinski definition) is 0. The fraction of sp³-hybridized carbons (Fsp3) is 0.643. The van der Waals surface area contributed by atoms with Gasteiger partial charge in [-0.25, -0.2) is 4.79 Å². The fourth-order valence-electron chi connectivity index (χ4n) is 2.48. The van der Waals surface area contributed by atoms with E-state index in [-0.39, 0.29) is 6.09 Å². The summed E-state index contributed by atoms with van der Waals surface area (Å²) in [5.41, 5.74) is 1.39. The Kier molecular flexibility index (Phi) is 5.22. The number of carbonyl (C=O) groups is 1. The van der Waals surface area contributed by atoms with Crippen LogP contribution in [0.25, 0.3) is 0 Å². The predicted molar refractivity (Wildman–Crippen MR) is 77.4 cm³/mol. The Bertz CT molecular complexity index is 386. The zero-order chi connectivity index (χ0) is 13.7. The second-order valence-electron chi connectivity index (χ2n) is 4.95. The highest BCUT2D eigenvalue weighted by atomic mass is 32.1. The minimum Gasteiger partial charge on any atom is -0.450 e. The molecule has 0 aliphatic carbocycles. The number of thiophene rings is 1. The number of likely N-dealkylation sites (tertiary alicyclic amines) is 1. The molecule has 1 saturated heterocycles. The molecular formula is C14H22N2O2S. The summed E-state index contributed by atoms with van der Waals surface area (Å²) < 4.78 is 5.04. The number of amides is 1. The first-order valence-corrected chi connectivity index (χ1v) is 7.78. The lowest BCUT2D eigenvalue weighted by Crippen LogP contribution is -2.45. The molecule has 1 aliphatic heterocycles. The van der Waals surface area contributed by atoms with E-state index in [9.17, 15) is 4.79 Å². The standard InChI is InChI=1S/C14H22N2O2S/c1-3-18-14(17)15(2)13-4-7-16(8-5-13)10-12-6-9-19-11-12/h6,9,11,13H,3-5,7-8,10H2,1-2H3. The number of hydrogen-bond acceptors (Lipinski definition) is 4. The van der Waals surface area contributed by atoms with Crippen molar-refractivity contribution in [3.05, 3.63) is 22.4 Å². The maximum absolute atomic E-state index is 11.7. The molecule has 1 aliphatic rings. The number of ether oxygens (including phenoxy) is 1. The molecule has 1 aromatic rings.